The fraction of sp³-hybridized carbons (Fsp3) is 0.586. The monoisotopic (exact) mass is 506 g/mol. The van der Waals surface area contributed by atoms with Crippen molar-refractivity contribution in [3.8, 4) is 0 Å². The van der Waals surface area contributed by atoms with Crippen LogP contribution in [0.3, 0.4) is 0 Å². The molecule has 1 saturated heterocycles. The normalized spacial score (nSPS) is 18.2. The van der Waals surface area contributed by atoms with E-state index in [0.717, 1.165) is 50.3 Å². The maximum Gasteiger partial charge on any atom is 0.253 e. The van der Waals surface area contributed by atoms with Crippen molar-refractivity contribution < 1.29 is 9.59 Å². The van der Waals surface area contributed by atoms with Gasteiger partial charge in [-0.1, -0.05) is 33.1 Å². The molecule has 0 aliphatic carbocycles. The van der Waals surface area contributed by atoms with E-state index >= 15 is 0 Å². The molecular formula is C29H42N6O2. The van der Waals surface area contributed by atoms with Gasteiger partial charge in [-0.3, -0.25) is 14.5 Å². The smallest absolute Gasteiger partial charge is 0.253 e. The largest absolute Gasteiger partial charge is 0.337 e. The number of anilines is 2. The molecule has 8 heteroatoms. The van der Waals surface area contributed by atoms with E-state index in [-0.39, 0.29) is 11.8 Å². The summed E-state index contributed by atoms with van der Waals surface area (Å²) in [6.07, 6.45) is 9.26. The van der Waals surface area contributed by atoms with Crippen LogP contribution in [0.25, 0.3) is 0 Å². The summed E-state index contributed by atoms with van der Waals surface area (Å²) in [5.74, 6) is 1.37. The Kier molecular flexibility index (Phi) is 9.50. The first kappa shape index (κ1) is 27.0. The van der Waals surface area contributed by atoms with E-state index in [1.807, 2.05) is 34.1 Å². The number of carbonyl (C=O) groups excluding carboxylic acids is 2. The van der Waals surface area contributed by atoms with E-state index in [0.29, 0.717) is 43.6 Å². The molecule has 37 heavy (non-hydrogen) atoms. The van der Waals surface area contributed by atoms with Gasteiger partial charge in [0.2, 0.25) is 11.9 Å². The Morgan fingerprint density at radius 3 is 2.24 bits per heavy atom. The van der Waals surface area contributed by atoms with Crippen molar-refractivity contribution in [3.63, 3.8) is 0 Å². The van der Waals surface area contributed by atoms with Crippen LogP contribution in [-0.2, 0) is 11.3 Å². The molecule has 2 aromatic rings. The Morgan fingerprint density at radius 1 is 0.892 bits per heavy atom. The van der Waals surface area contributed by atoms with Crippen LogP contribution in [0.5, 0.6) is 0 Å². The number of carbonyl (C=O) groups is 2. The van der Waals surface area contributed by atoms with Gasteiger partial charge in [-0.25, -0.2) is 9.97 Å². The van der Waals surface area contributed by atoms with Crippen molar-refractivity contribution >= 4 is 23.5 Å². The number of aromatic nitrogens is 2. The third kappa shape index (κ3) is 7.28. The van der Waals surface area contributed by atoms with Crippen LogP contribution in [0.15, 0.2) is 36.7 Å². The molecule has 0 radical (unpaired) electrons. The fourth-order valence-electron chi connectivity index (χ4n) is 5.43. The molecule has 2 amide bonds. The lowest BCUT2D eigenvalue weighted by Crippen LogP contribution is -2.49. The van der Waals surface area contributed by atoms with E-state index in [2.05, 4.69) is 33.6 Å². The highest BCUT2D eigenvalue weighted by molar-refractivity contribution is 5.97. The molecule has 2 aliphatic rings. The number of rotatable bonds is 4. The number of amides is 2. The van der Waals surface area contributed by atoms with Crippen molar-refractivity contribution in [1.29, 1.82) is 0 Å². The van der Waals surface area contributed by atoms with Crippen molar-refractivity contribution in [1.82, 2.24) is 19.8 Å². The highest BCUT2D eigenvalue weighted by Crippen LogP contribution is 2.27. The number of piperazine rings is 1. The second-order valence-electron chi connectivity index (χ2n) is 10.7. The zero-order chi connectivity index (χ0) is 26.2. The van der Waals surface area contributed by atoms with Crippen molar-refractivity contribution in [2.45, 2.75) is 59.4 Å². The lowest BCUT2D eigenvalue weighted by atomic mass is 10.0. The minimum absolute atomic E-state index is 0.0485. The molecule has 3 heterocycles. The molecular weight excluding hydrogens is 464 g/mol. The molecule has 1 aromatic carbocycles. The average molecular weight is 507 g/mol. The standard InChI is InChI=1S/C29H42N6O2/c1-23(2)21-32-14-7-5-4-6-8-15-35(24(3)36)27-11-10-25(20-26(27)22-32)28(37)33-16-18-34(19-17-33)29-30-12-9-13-31-29/h9-13,20,23H,4-8,14-19,21-22H2,1-3H3. The minimum atomic E-state index is 0.0485. The number of hydrogen-bond acceptors (Lipinski definition) is 6. The van der Waals surface area contributed by atoms with E-state index in [9.17, 15) is 9.59 Å². The van der Waals surface area contributed by atoms with Crippen LogP contribution >= 0.6 is 0 Å². The Balaban J connectivity index is 1.56. The molecule has 8 nitrogen and oxygen atoms in total. The number of benzene rings is 1. The number of hydrogen-bond donors (Lipinski definition) is 0. The van der Waals surface area contributed by atoms with Gasteiger partial charge in [-0.15, -0.1) is 0 Å². The fourth-order valence-corrected chi connectivity index (χ4v) is 5.43. The highest BCUT2D eigenvalue weighted by atomic mass is 16.2. The summed E-state index contributed by atoms with van der Waals surface area (Å²) < 4.78 is 0. The van der Waals surface area contributed by atoms with Gasteiger partial charge in [0.05, 0.1) is 0 Å². The number of fused-ring (bicyclic) bond motifs is 1. The minimum Gasteiger partial charge on any atom is -0.337 e. The zero-order valence-electron chi connectivity index (χ0n) is 22.7. The summed E-state index contributed by atoms with van der Waals surface area (Å²) in [6.45, 7) is 12.3. The predicted molar refractivity (Wildman–Crippen MR) is 148 cm³/mol. The predicted octanol–water partition coefficient (Wildman–Crippen LogP) is 4.21. The summed E-state index contributed by atoms with van der Waals surface area (Å²) in [4.78, 5) is 43.4. The van der Waals surface area contributed by atoms with Gasteiger partial charge in [0.1, 0.15) is 0 Å². The lowest BCUT2D eigenvalue weighted by molar-refractivity contribution is -0.116. The zero-order valence-corrected chi connectivity index (χ0v) is 22.7. The molecule has 0 bridgehead atoms. The molecule has 200 valence electrons. The first-order valence-electron chi connectivity index (χ1n) is 13.9. The Morgan fingerprint density at radius 2 is 1.57 bits per heavy atom. The Labute approximate surface area is 221 Å². The third-order valence-corrected chi connectivity index (χ3v) is 7.27. The quantitative estimate of drug-likeness (QED) is 0.619. The summed E-state index contributed by atoms with van der Waals surface area (Å²) in [5.41, 5.74) is 2.71. The second kappa shape index (κ2) is 13.0. The van der Waals surface area contributed by atoms with Gasteiger partial charge in [0.15, 0.2) is 0 Å². The Bertz CT molecular complexity index is 1040. The maximum atomic E-state index is 13.6. The van der Waals surface area contributed by atoms with Crippen LogP contribution in [0.1, 0.15) is 68.8 Å². The van der Waals surface area contributed by atoms with E-state index in [1.165, 1.54) is 19.3 Å². The van der Waals surface area contributed by atoms with Crippen LogP contribution in [0, 0.1) is 5.92 Å². The first-order chi connectivity index (χ1) is 17.9. The van der Waals surface area contributed by atoms with Gasteiger partial charge in [0, 0.05) is 76.4 Å². The second-order valence-corrected chi connectivity index (χ2v) is 10.7. The Hall–Kier alpha value is -3.00. The molecule has 4 rings (SSSR count). The highest BCUT2D eigenvalue weighted by Gasteiger charge is 2.25. The molecule has 0 spiro atoms. The maximum absolute atomic E-state index is 13.6. The molecule has 0 unspecified atom stereocenters. The average Bonchev–Trinajstić information content (AvgIpc) is 2.89. The first-order valence-corrected chi connectivity index (χ1v) is 13.9. The molecule has 0 atom stereocenters. The van der Waals surface area contributed by atoms with Gasteiger partial charge < -0.3 is 14.7 Å². The number of nitrogens with zero attached hydrogens (tertiary/aromatic N) is 6. The van der Waals surface area contributed by atoms with Crippen LogP contribution in [0.4, 0.5) is 11.6 Å². The van der Waals surface area contributed by atoms with Crippen LogP contribution in [-0.4, -0.2) is 77.4 Å². The van der Waals surface area contributed by atoms with E-state index in [1.54, 1.807) is 19.3 Å². The van der Waals surface area contributed by atoms with Crippen molar-refractivity contribution in [2.75, 3.05) is 55.6 Å². The summed E-state index contributed by atoms with van der Waals surface area (Å²) in [7, 11) is 0. The lowest BCUT2D eigenvalue weighted by Gasteiger charge is -2.35. The van der Waals surface area contributed by atoms with Gasteiger partial charge in [-0.2, -0.15) is 0 Å². The van der Waals surface area contributed by atoms with E-state index < -0.39 is 0 Å². The van der Waals surface area contributed by atoms with Crippen molar-refractivity contribution in [3.05, 3.63) is 47.8 Å². The summed E-state index contributed by atoms with van der Waals surface area (Å²) in [5, 5.41) is 0. The summed E-state index contributed by atoms with van der Waals surface area (Å²) >= 11 is 0. The molecule has 0 N–H and O–H groups in total. The molecule has 0 saturated carbocycles. The van der Waals surface area contributed by atoms with Crippen molar-refractivity contribution in [2.24, 2.45) is 5.92 Å². The van der Waals surface area contributed by atoms with E-state index in [4.69, 9.17) is 0 Å². The van der Waals surface area contributed by atoms with Gasteiger partial charge >= 0.3 is 0 Å². The molecule has 2 aliphatic heterocycles. The van der Waals surface area contributed by atoms with Gasteiger partial charge in [-0.05, 0) is 55.1 Å². The third-order valence-electron chi connectivity index (χ3n) is 7.27. The van der Waals surface area contributed by atoms with Crippen LogP contribution < -0.4 is 9.80 Å². The topological polar surface area (TPSA) is 72.9 Å². The molecule has 1 fully saturated rings. The SMILES string of the molecule is CC(=O)N1CCCCCCCN(CC(C)C)Cc2cc(C(=O)N3CCN(c4ncccn4)CC3)ccc21. The van der Waals surface area contributed by atoms with Crippen LogP contribution in [0.2, 0.25) is 0 Å². The summed E-state index contributed by atoms with van der Waals surface area (Å²) in [6, 6.07) is 7.76. The van der Waals surface area contributed by atoms with Gasteiger partial charge in [0.25, 0.3) is 5.91 Å². The molecule has 1 aromatic heterocycles.